The van der Waals surface area contributed by atoms with E-state index < -0.39 is 0 Å². The van der Waals surface area contributed by atoms with Crippen molar-refractivity contribution >= 4 is 35.3 Å². The molecule has 0 bridgehead atoms. The molecular formula is C105H209N29O8. The van der Waals surface area contributed by atoms with E-state index in [0.29, 0.717) is 94.8 Å². The molecule has 37 nitrogen and oxygen atoms in total. The molecule has 0 aromatic carbocycles. The van der Waals surface area contributed by atoms with Crippen molar-refractivity contribution in [3.63, 3.8) is 0 Å². The summed E-state index contributed by atoms with van der Waals surface area (Å²) in [4.78, 5) is 90.4. The fourth-order valence-corrected chi connectivity index (χ4v) is 7.45. The second-order valence-corrected chi connectivity index (χ2v) is 41.6. The Morgan fingerprint density at radius 3 is 0.768 bits per heavy atom. The molecule has 8 aromatic heterocycles. The highest BCUT2D eigenvalue weighted by molar-refractivity contribution is 5.82. The van der Waals surface area contributed by atoms with E-state index in [-0.39, 0.29) is 82.5 Å². The summed E-state index contributed by atoms with van der Waals surface area (Å²) in [6.07, 6.45) is 11.5. The van der Waals surface area contributed by atoms with Gasteiger partial charge in [-0.1, -0.05) is 319 Å². The number of pyridine rings is 2. The molecule has 0 saturated carbocycles. The van der Waals surface area contributed by atoms with Crippen LogP contribution in [0.2, 0.25) is 0 Å². The van der Waals surface area contributed by atoms with Crippen LogP contribution in [-0.4, -0.2) is 183 Å². The van der Waals surface area contributed by atoms with Crippen molar-refractivity contribution in [2.75, 3.05) is 0 Å². The number of aromatic amines is 8. The van der Waals surface area contributed by atoms with Gasteiger partial charge < -0.3 is 63.7 Å². The number of aliphatic hydroxyl groups excluding tert-OH is 2. The summed E-state index contributed by atoms with van der Waals surface area (Å²) >= 11 is 0. The summed E-state index contributed by atoms with van der Waals surface area (Å²) in [5, 5.41) is 74.1. The van der Waals surface area contributed by atoms with Crippen LogP contribution in [-0.2, 0) is 19.2 Å². The number of rotatable bonds is 23. The summed E-state index contributed by atoms with van der Waals surface area (Å²) in [6, 6.07) is 11.0. The Kier molecular flexibility index (Phi) is 98.4. The Balaban J connectivity index is -0.000000163. The Labute approximate surface area is 858 Å². The first-order valence-electron chi connectivity index (χ1n) is 50.6. The number of carbonyl (C=O) groups excluding carboxylic acids is 4. The van der Waals surface area contributed by atoms with Crippen LogP contribution >= 0.6 is 0 Å². The number of amides is 4. The Morgan fingerprint density at radius 2 is 0.676 bits per heavy atom. The molecule has 0 radical (unpaired) electrons. The number of allylic oxidation sites excluding steroid dienone is 2. The maximum atomic E-state index is 10.8. The van der Waals surface area contributed by atoms with Gasteiger partial charge in [0.1, 0.15) is 11.6 Å². The zero-order chi connectivity index (χ0) is 113. The third-order valence-corrected chi connectivity index (χ3v) is 16.2. The van der Waals surface area contributed by atoms with E-state index >= 15 is 0 Å². The van der Waals surface area contributed by atoms with Gasteiger partial charge in [-0.2, -0.15) is 31.1 Å². The Hall–Kier alpha value is -11.0. The van der Waals surface area contributed by atoms with Crippen LogP contribution in [0.4, 0.5) is 0 Å². The molecule has 0 aliphatic rings. The van der Waals surface area contributed by atoms with Gasteiger partial charge in [0.05, 0.1) is 35.4 Å². The number of hydrogen-bond acceptors (Lipinski definition) is 23. The number of aliphatic imine (C=N–C) groups is 2. The van der Waals surface area contributed by atoms with Gasteiger partial charge in [0.25, 0.3) is 0 Å². The van der Waals surface area contributed by atoms with Crippen LogP contribution in [0.3, 0.4) is 0 Å². The van der Waals surface area contributed by atoms with Crippen molar-refractivity contribution in [2.45, 2.75) is 430 Å². The molecule has 37 heteroatoms. The molecule has 1 atom stereocenters. The number of amidine groups is 2. The van der Waals surface area contributed by atoms with Gasteiger partial charge in [-0.05, 0) is 127 Å². The fraction of sp³-hybridized carbons (Fsp3) is 0.724. The maximum Gasteiger partial charge on any atom is 0.247 e. The quantitative estimate of drug-likeness (QED) is 0.0161. The van der Waals surface area contributed by atoms with E-state index in [1.165, 1.54) is 23.5 Å². The molecule has 0 fully saturated rings. The van der Waals surface area contributed by atoms with Gasteiger partial charge in [-0.3, -0.25) is 38.8 Å². The number of nitrogens with one attached hydrogen (secondary N) is 10. The predicted molar refractivity (Wildman–Crippen MR) is 592 cm³/mol. The molecule has 4 amide bonds. The Morgan fingerprint density at radius 1 is 0.380 bits per heavy atom. The molecular weight excluding hydrogens is 1800 g/mol. The molecule has 8 heterocycles. The molecule has 1 unspecified atom stereocenters. The smallest absolute Gasteiger partial charge is 0.247 e. The van der Waals surface area contributed by atoms with E-state index in [4.69, 9.17) is 28.0 Å². The van der Waals surface area contributed by atoms with E-state index in [2.05, 4.69) is 266 Å². The lowest BCUT2D eigenvalue weighted by atomic mass is 9.98. The third kappa shape index (κ3) is 109. The van der Waals surface area contributed by atoms with Gasteiger partial charge in [0, 0.05) is 143 Å². The van der Waals surface area contributed by atoms with Crippen LogP contribution in [0.1, 0.15) is 446 Å². The summed E-state index contributed by atoms with van der Waals surface area (Å²) in [5.74, 6) is 14.3. The number of aliphatic hydroxyl groups is 2. The van der Waals surface area contributed by atoms with Crippen molar-refractivity contribution in [1.82, 2.24) is 118 Å². The van der Waals surface area contributed by atoms with Crippen LogP contribution in [0.25, 0.3) is 0 Å². The van der Waals surface area contributed by atoms with Crippen molar-refractivity contribution in [3.8, 4) is 0 Å². The minimum Gasteiger partial charge on any atom is -0.512 e. The number of imidazole rings is 2. The minimum atomic E-state index is -0.241. The van der Waals surface area contributed by atoms with Crippen molar-refractivity contribution in [2.24, 2.45) is 104 Å². The first kappa shape index (κ1) is 151. The minimum absolute atomic E-state index is 0.00926. The van der Waals surface area contributed by atoms with Gasteiger partial charge >= 0.3 is 0 Å². The summed E-state index contributed by atoms with van der Waals surface area (Å²) < 4.78 is 0. The lowest BCUT2D eigenvalue weighted by Gasteiger charge is -2.15. The normalized spacial score (nSPS) is 11.0. The van der Waals surface area contributed by atoms with Crippen LogP contribution in [0.15, 0.2) is 98.8 Å². The number of nitrogens with two attached hydrogens (primary N) is 4. The SMILES string of the molecule is CC(C)/C=C(\O)C(C)C.CC(C)C.CC(C)C.CC(C)C(N)=O.CC(C)C(N)=O.CC(C)CC(O)C(C)C.CC(C)N=C(N)C(C)C.CC(C)N=C(N)C(C)C.CC(C)NC(=O)C(C)C.CC(C)NC(=O)C(C)C.CC(C)c1cn[nH]n1.CC(C)c1cnc(C(C)C)[nH]1.CC(C)c1cnc(C(C)C)[nH]1.CC(C)c1nn[nH]n1.CC(C)c1nn[nH]n1.CC(C)c1nn[nH]n1.O=c1cccc[nH]1.O=c1cccc[nH]1. The lowest BCUT2D eigenvalue weighted by Crippen LogP contribution is -2.33. The predicted octanol–water partition coefficient (Wildman–Crippen LogP) is 21.5. The third-order valence-electron chi connectivity index (χ3n) is 16.2. The number of nitrogens with zero attached hydrogens (tertiary/aromatic N) is 15. The van der Waals surface area contributed by atoms with Gasteiger partial charge in [-0.15, -0.1) is 30.6 Å². The highest BCUT2D eigenvalue weighted by Crippen LogP contribution is 2.18. The second kappa shape index (κ2) is 92.4. The highest BCUT2D eigenvalue weighted by atomic mass is 16.3. The fourth-order valence-electron chi connectivity index (χ4n) is 7.45. The van der Waals surface area contributed by atoms with E-state index in [9.17, 15) is 33.9 Å². The van der Waals surface area contributed by atoms with Gasteiger partial charge in [0.15, 0.2) is 17.5 Å². The topological polar surface area (TPSA) is 590 Å². The second-order valence-electron chi connectivity index (χ2n) is 41.6. The maximum absolute atomic E-state index is 10.8. The largest absolute Gasteiger partial charge is 0.512 e. The first-order valence-corrected chi connectivity index (χ1v) is 50.6. The standard InChI is InChI=1S/2C9H16N2.C8H18O.C8H16O.2C7H16N2.2C7H15NO.C5H9N3.2C5H5NO.3C4H8N4.2C4H9NO.2C4H10/c2*1-6(2)8-5-10-9(11-8)7(3)4;2*1-6(2)5-8(9)7(3)4;2*1-5(2)7(8)9-6(3)4;2*1-5(2)7(9)8-6(3)4;1-4(2)5-3-6-8-7-5;2*7-5-3-1-2-4-6-5;3*1-3(2)4-5-7-8-6-4;2*1-3(2)4(5)6;2*1-4(2)3/h2*5-7H,1-4H3,(H,10,11);6-9H,5H2,1-4H3;5-7,9H,1-4H3;2*5-6H,1-4H3,(H2,8,9);2*5-6H,1-4H3,(H,8,9);3-4H,1-2H3,(H,6,7,8);2*1-4H,(H,6,7);3*3H,1-2H3,(H,5,6,7,8);2*3H,1-2H3,(H2,5,6);2*4H,1-3H3/b;;;8-5-;;;;;;;;;;;;;;. The number of hydrogen-bond donors (Lipinski definition) is 16. The van der Waals surface area contributed by atoms with Crippen molar-refractivity contribution in [1.29, 1.82) is 0 Å². The summed E-state index contributed by atoms with van der Waals surface area (Å²) in [5.41, 5.74) is 24.1. The average molecular weight is 2010 g/mol. The van der Waals surface area contributed by atoms with E-state index in [1.54, 1.807) is 70.6 Å². The molecule has 0 saturated heterocycles. The zero-order valence-electron chi connectivity index (χ0n) is 97.9. The van der Waals surface area contributed by atoms with Gasteiger partial charge in [-0.25, -0.2) is 9.97 Å². The Bertz CT molecular complexity index is 3880. The summed E-state index contributed by atoms with van der Waals surface area (Å²) in [7, 11) is 0. The molecule has 142 heavy (non-hydrogen) atoms. The highest BCUT2D eigenvalue weighted by Gasteiger charge is 2.13. The molecule has 8 rings (SSSR count). The molecule has 8 aromatic rings. The average Bonchev–Trinajstić information content (AvgIpc) is 1.75. The molecule has 822 valence electrons. The number of aromatic nitrogens is 21. The number of H-pyrrole nitrogens is 8. The van der Waals surface area contributed by atoms with Gasteiger partial charge in [0.2, 0.25) is 34.7 Å². The number of tetrazole rings is 3. The zero-order valence-corrected chi connectivity index (χ0v) is 97.9. The summed E-state index contributed by atoms with van der Waals surface area (Å²) in [6.45, 7) is 102. The van der Waals surface area contributed by atoms with Crippen LogP contribution in [0, 0.1) is 71.0 Å². The number of carbonyl (C=O) groups is 4. The molecule has 0 spiro atoms. The van der Waals surface area contributed by atoms with E-state index in [0.717, 1.165) is 64.7 Å². The van der Waals surface area contributed by atoms with Crippen molar-refractivity contribution < 1.29 is 29.4 Å². The van der Waals surface area contributed by atoms with Crippen LogP contribution in [0.5, 0.6) is 0 Å². The van der Waals surface area contributed by atoms with Crippen molar-refractivity contribution in [3.05, 3.63) is 146 Å². The molecule has 20 N–H and O–H groups in total. The monoisotopic (exact) mass is 2000 g/mol. The molecule has 0 aliphatic heterocycles. The van der Waals surface area contributed by atoms with E-state index in [1.807, 2.05) is 198 Å². The molecule has 0 aliphatic carbocycles. The first-order chi connectivity index (χ1) is 65.2. The lowest BCUT2D eigenvalue weighted by molar-refractivity contribution is -0.125. The number of primary amides is 2. The van der Waals surface area contributed by atoms with Crippen LogP contribution < -0.4 is 44.7 Å².